The molecule has 1 heterocycles. The van der Waals surface area contributed by atoms with Crippen molar-refractivity contribution >= 4 is 33.9 Å². The summed E-state index contributed by atoms with van der Waals surface area (Å²) in [6, 6.07) is 3.04. The Morgan fingerprint density at radius 1 is 1.71 bits per heavy atom. The second kappa shape index (κ2) is 6.21. The maximum atomic E-state index is 5.59. The first kappa shape index (κ1) is 13.4. The van der Waals surface area contributed by atoms with Crippen LogP contribution in [0.2, 0.25) is 0 Å². The minimum Gasteiger partial charge on any atom is -0.297 e. The standard InChI is InChI=1S/C14H18INS/c1-3-6-10(4-2)16-12-7-5-8-13-11(12)9-14(15)17-13/h2,9-10,12,16H,3,5-8H2,1H3. The molecule has 0 bridgehead atoms. The molecule has 0 saturated heterocycles. The van der Waals surface area contributed by atoms with E-state index in [1.165, 1.54) is 27.7 Å². The molecule has 0 amide bonds. The van der Waals surface area contributed by atoms with Gasteiger partial charge in [-0.3, -0.25) is 5.32 Å². The van der Waals surface area contributed by atoms with Gasteiger partial charge in [0.25, 0.3) is 0 Å². The molecule has 3 heteroatoms. The van der Waals surface area contributed by atoms with Crippen LogP contribution in [0.5, 0.6) is 0 Å². The van der Waals surface area contributed by atoms with Crippen LogP contribution in [0.3, 0.4) is 0 Å². The van der Waals surface area contributed by atoms with Gasteiger partial charge >= 0.3 is 0 Å². The third kappa shape index (κ3) is 3.24. The summed E-state index contributed by atoms with van der Waals surface area (Å²) in [7, 11) is 0. The average Bonchev–Trinajstić information content (AvgIpc) is 2.70. The number of halogens is 1. The summed E-state index contributed by atoms with van der Waals surface area (Å²) in [5.41, 5.74) is 1.50. The average molecular weight is 359 g/mol. The number of hydrogen-bond acceptors (Lipinski definition) is 2. The van der Waals surface area contributed by atoms with E-state index in [-0.39, 0.29) is 6.04 Å². The van der Waals surface area contributed by atoms with Crippen molar-refractivity contribution in [1.82, 2.24) is 5.32 Å². The van der Waals surface area contributed by atoms with Crippen molar-refractivity contribution in [2.24, 2.45) is 0 Å². The van der Waals surface area contributed by atoms with Crippen LogP contribution in [0.4, 0.5) is 0 Å². The molecule has 2 unspecified atom stereocenters. The van der Waals surface area contributed by atoms with Crippen LogP contribution >= 0.6 is 33.9 Å². The van der Waals surface area contributed by atoms with Crippen molar-refractivity contribution in [1.29, 1.82) is 0 Å². The topological polar surface area (TPSA) is 12.0 Å². The number of thiophene rings is 1. The van der Waals surface area contributed by atoms with E-state index in [0.29, 0.717) is 6.04 Å². The number of hydrogen-bond donors (Lipinski definition) is 1. The lowest BCUT2D eigenvalue weighted by Gasteiger charge is -2.26. The van der Waals surface area contributed by atoms with E-state index in [1.54, 1.807) is 4.88 Å². The molecular formula is C14H18INS. The van der Waals surface area contributed by atoms with E-state index in [4.69, 9.17) is 6.42 Å². The van der Waals surface area contributed by atoms with E-state index in [1.807, 2.05) is 11.3 Å². The second-order valence-corrected chi connectivity index (χ2v) is 7.58. The summed E-state index contributed by atoms with van der Waals surface area (Å²) in [6.45, 7) is 2.19. The predicted molar refractivity (Wildman–Crippen MR) is 83.4 cm³/mol. The van der Waals surface area contributed by atoms with E-state index in [9.17, 15) is 0 Å². The summed E-state index contributed by atoms with van der Waals surface area (Å²) in [5, 5.41) is 3.64. The van der Waals surface area contributed by atoms with Gasteiger partial charge in [0.05, 0.1) is 8.93 Å². The van der Waals surface area contributed by atoms with Gasteiger partial charge in [-0.1, -0.05) is 19.3 Å². The van der Waals surface area contributed by atoms with Crippen LogP contribution in [-0.4, -0.2) is 6.04 Å². The lowest BCUT2D eigenvalue weighted by Crippen LogP contribution is -2.33. The normalized spacial score (nSPS) is 20.6. The first-order chi connectivity index (χ1) is 8.24. The van der Waals surface area contributed by atoms with E-state index >= 15 is 0 Å². The Balaban J connectivity index is 2.10. The van der Waals surface area contributed by atoms with Gasteiger partial charge in [-0.05, 0) is 59.9 Å². The molecule has 0 spiro atoms. The zero-order chi connectivity index (χ0) is 12.3. The third-order valence-corrected chi connectivity index (χ3v) is 5.24. The monoisotopic (exact) mass is 359 g/mol. The first-order valence-electron chi connectivity index (χ1n) is 6.25. The molecule has 1 aromatic rings. The fraction of sp³-hybridized carbons (Fsp3) is 0.571. The molecule has 2 rings (SSSR count). The molecule has 1 aromatic heterocycles. The number of fused-ring (bicyclic) bond motifs is 1. The summed E-state index contributed by atoms with van der Waals surface area (Å²) in [4.78, 5) is 1.56. The summed E-state index contributed by atoms with van der Waals surface area (Å²) in [6.07, 6.45) is 11.6. The van der Waals surface area contributed by atoms with Crippen molar-refractivity contribution in [3.05, 3.63) is 19.4 Å². The maximum absolute atomic E-state index is 5.59. The van der Waals surface area contributed by atoms with E-state index in [2.05, 4.69) is 46.8 Å². The molecule has 17 heavy (non-hydrogen) atoms. The zero-order valence-corrected chi connectivity index (χ0v) is 13.1. The van der Waals surface area contributed by atoms with Crippen molar-refractivity contribution in [2.75, 3.05) is 0 Å². The van der Waals surface area contributed by atoms with E-state index in [0.717, 1.165) is 12.8 Å². The Morgan fingerprint density at radius 3 is 3.24 bits per heavy atom. The van der Waals surface area contributed by atoms with Gasteiger partial charge in [0.1, 0.15) is 0 Å². The Labute approximate surface area is 122 Å². The van der Waals surface area contributed by atoms with E-state index < -0.39 is 0 Å². The van der Waals surface area contributed by atoms with Crippen LogP contribution in [-0.2, 0) is 6.42 Å². The van der Waals surface area contributed by atoms with Crippen LogP contribution in [0.25, 0.3) is 0 Å². The summed E-state index contributed by atoms with van der Waals surface area (Å²) in [5.74, 6) is 2.88. The largest absolute Gasteiger partial charge is 0.297 e. The Kier molecular flexibility index (Phi) is 4.89. The van der Waals surface area contributed by atoms with Crippen LogP contribution in [0.15, 0.2) is 6.07 Å². The third-order valence-electron chi connectivity index (χ3n) is 3.26. The lowest BCUT2D eigenvalue weighted by molar-refractivity contribution is 0.423. The zero-order valence-electron chi connectivity index (χ0n) is 10.1. The Hall–Kier alpha value is -0.0500. The Morgan fingerprint density at radius 2 is 2.53 bits per heavy atom. The van der Waals surface area contributed by atoms with Crippen LogP contribution in [0.1, 0.15) is 49.1 Å². The summed E-state index contributed by atoms with van der Waals surface area (Å²) >= 11 is 4.36. The molecule has 1 nitrogen and oxygen atoms in total. The molecular weight excluding hydrogens is 341 g/mol. The van der Waals surface area contributed by atoms with Crippen molar-refractivity contribution < 1.29 is 0 Å². The highest BCUT2D eigenvalue weighted by molar-refractivity contribution is 14.1. The van der Waals surface area contributed by atoms with Crippen molar-refractivity contribution in [3.63, 3.8) is 0 Å². The van der Waals surface area contributed by atoms with Gasteiger partial charge in [0, 0.05) is 10.9 Å². The van der Waals surface area contributed by atoms with Gasteiger partial charge in [-0.25, -0.2) is 0 Å². The number of terminal acetylenes is 1. The molecule has 2 atom stereocenters. The van der Waals surface area contributed by atoms with Gasteiger partial charge < -0.3 is 0 Å². The minimum atomic E-state index is 0.230. The van der Waals surface area contributed by atoms with Crippen molar-refractivity contribution in [3.8, 4) is 12.3 Å². The smallest absolute Gasteiger partial charge is 0.0691 e. The Bertz CT molecular complexity index is 418. The highest BCUT2D eigenvalue weighted by Crippen LogP contribution is 2.36. The fourth-order valence-electron chi connectivity index (χ4n) is 2.44. The lowest BCUT2D eigenvalue weighted by atomic mass is 9.93. The molecule has 92 valence electrons. The number of aryl methyl sites for hydroxylation is 1. The first-order valence-corrected chi connectivity index (χ1v) is 8.14. The fourth-order valence-corrected chi connectivity index (χ4v) is 4.56. The highest BCUT2D eigenvalue weighted by atomic mass is 127. The molecule has 0 aliphatic heterocycles. The molecule has 0 radical (unpaired) electrons. The van der Waals surface area contributed by atoms with Crippen LogP contribution < -0.4 is 5.32 Å². The van der Waals surface area contributed by atoms with Gasteiger partial charge in [0.15, 0.2) is 0 Å². The van der Waals surface area contributed by atoms with Gasteiger partial charge in [-0.2, -0.15) is 0 Å². The highest BCUT2D eigenvalue weighted by Gasteiger charge is 2.23. The molecule has 0 aromatic carbocycles. The summed E-state index contributed by atoms with van der Waals surface area (Å²) < 4.78 is 1.40. The number of nitrogens with one attached hydrogen (secondary N) is 1. The molecule has 0 fully saturated rings. The second-order valence-electron chi connectivity index (χ2n) is 4.55. The SMILES string of the molecule is C#CC(CCC)NC1CCCc2sc(I)cc21. The van der Waals surface area contributed by atoms with Crippen LogP contribution in [0, 0.1) is 15.2 Å². The minimum absolute atomic E-state index is 0.230. The quantitative estimate of drug-likeness (QED) is 0.630. The molecule has 1 aliphatic rings. The molecule has 1 aliphatic carbocycles. The van der Waals surface area contributed by atoms with Crippen molar-refractivity contribution in [2.45, 2.75) is 51.1 Å². The number of rotatable bonds is 4. The predicted octanol–water partition coefficient (Wildman–Crippen LogP) is 4.12. The van der Waals surface area contributed by atoms with Gasteiger partial charge in [-0.15, -0.1) is 17.8 Å². The maximum Gasteiger partial charge on any atom is 0.0691 e. The molecule has 0 saturated carbocycles. The van der Waals surface area contributed by atoms with Gasteiger partial charge in [0.2, 0.25) is 0 Å². The molecule has 1 N–H and O–H groups in total.